The van der Waals surface area contributed by atoms with Crippen LogP contribution < -0.4 is 5.32 Å². The minimum Gasteiger partial charge on any atom is -0.322 e. The van der Waals surface area contributed by atoms with E-state index in [1.54, 1.807) is 48.5 Å². The number of rotatable bonds is 5. The molecule has 0 fully saturated rings. The first-order valence-corrected chi connectivity index (χ1v) is 12.5. The molecule has 1 amide bonds. The van der Waals surface area contributed by atoms with Gasteiger partial charge >= 0.3 is 0 Å². The highest BCUT2D eigenvalue weighted by Gasteiger charge is 2.20. The van der Waals surface area contributed by atoms with Gasteiger partial charge in [-0.25, -0.2) is 17.7 Å². The molecule has 0 bridgehead atoms. The smallest absolute Gasteiger partial charge is 0.256 e. The monoisotopic (exact) mass is 533 g/mol. The molecule has 0 saturated carbocycles. The Morgan fingerprint density at radius 3 is 2.38 bits per heavy atom. The molecule has 3 aromatic carbocycles. The van der Waals surface area contributed by atoms with Crippen molar-refractivity contribution in [1.29, 1.82) is 0 Å². The van der Waals surface area contributed by atoms with Crippen molar-refractivity contribution < 1.29 is 13.2 Å². The van der Waals surface area contributed by atoms with Crippen molar-refractivity contribution in [2.75, 3.05) is 19.4 Å². The molecule has 0 atom stereocenters. The number of aromatic nitrogens is 1. The summed E-state index contributed by atoms with van der Waals surface area (Å²) in [6, 6.07) is 18.2. The van der Waals surface area contributed by atoms with E-state index in [4.69, 9.17) is 34.8 Å². The van der Waals surface area contributed by atoms with Crippen molar-refractivity contribution in [3.8, 4) is 11.3 Å². The van der Waals surface area contributed by atoms with Gasteiger partial charge in [-0.2, -0.15) is 0 Å². The third-order valence-electron chi connectivity index (χ3n) is 5.14. The van der Waals surface area contributed by atoms with Crippen molar-refractivity contribution in [2.24, 2.45) is 0 Å². The third kappa shape index (κ3) is 4.62. The zero-order valence-electron chi connectivity index (χ0n) is 18.0. The van der Waals surface area contributed by atoms with E-state index >= 15 is 0 Å². The number of carbonyl (C=O) groups excluding carboxylic acids is 1. The van der Waals surface area contributed by atoms with Crippen molar-refractivity contribution in [2.45, 2.75) is 4.90 Å². The van der Waals surface area contributed by atoms with E-state index in [9.17, 15) is 13.2 Å². The average Bonchev–Trinajstić information content (AvgIpc) is 2.82. The van der Waals surface area contributed by atoms with Gasteiger partial charge in [-0.3, -0.25) is 4.79 Å². The quantitative estimate of drug-likeness (QED) is 0.302. The summed E-state index contributed by atoms with van der Waals surface area (Å²) in [5.41, 5.74) is 2.22. The van der Waals surface area contributed by atoms with Crippen LogP contribution in [0.5, 0.6) is 0 Å². The number of anilines is 1. The predicted octanol–water partition coefficient (Wildman–Crippen LogP) is 6.36. The highest BCUT2D eigenvalue weighted by atomic mass is 35.5. The molecule has 34 heavy (non-hydrogen) atoms. The van der Waals surface area contributed by atoms with E-state index < -0.39 is 15.9 Å². The van der Waals surface area contributed by atoms with Gasteiger partial charge in [-0.1, -0.05) is 59.1 Å². The number of carbonyl (C=O) groups is 1. The summed E-state index contributed by atoms with van der Waals surface area (Å²) in [5, 5.41) is 4.14. The van der Waals surface area contributed by atoms with Crippen LogP contribution in [0, 0.1) is 0 Å². The van der Waals surface area contributed by atoms with E-state index in [2.05, 4.69) is 10.3 Å². The second-order valence-corrected chi connectivity index (χ2v) is 10.9. The SMILES string of the molecule is CN(C)S(=O)(=O)c1cccc(NC(=O)c2cc(-c3ccc(Cl)c(Cl)c3Cl)nc3ccccc23)c1. The second-order valence-electron chi connectivity index (χ2n) is 7.56. The first-order chi connectivity index (χ1) is 16.1. The number of halogens is 3. The van der Waals surface area contributed by atoms with Crippen LogP contribution in [-0.2, 0) is 10.0 Å². The Kier molecular flexibility index (Phi) is 6.85. The molecule has 4 rings (SSSR count). The normalized spacial score (nSPS) is 11.7. The van der Waals surface area contributed by atoms with E-state index in [1.165, 1.54) is 26.2 Å². The first kappa shape index (κ1) is 24.4. The standard InChI is InChI=1S/C24H18Cl3N3O3S/c1-30(2)34(32,33)15-7-5-6-14(12-15)28-24(31)18-13-21(29-20-9-4-3-8-16(18)20)17-10-11-19(25)23(27)22(17)26/h3-13H,1-2H3,(H,28,31). The number of benzene rings is 3. The number of hydrogen-bond donors (Lipinski definition) is 1. The molecule has 1 aromatic heterocycles. The molecular weight excluding hydrogens is 517 g/mol. The van der Waals surface area contributed by atoms with Gasteiger partial charge in [0.05, 0.1) is 36.7 Å². The number of sulfonamides is 1. The summed E-state index contributed by atoms with van der Waals surface area (Å²) in [4.78, 5) is 18.0. The lowest BCUT2D eigenvalue weighted by atomic mass is 10.0. The van der Waals surface area contributed by atoms with Gasteiger partial charge in [0.2, 0.25) is 10.0 Å². The molecule has 4 aromatic rings. The molecule has 0 spiro atoms. The molecule has 0 aliphatic heterocycles. The fraction of sp³-hybridized carbons (Fsp3) is 0.0833. The highest BCUT2D eigenvalue weighted by molar-refractivity contribution is 7.89. The zero-order chi connectivity index (χ0) is 24.6. The van der Waals surface area contributed by atoms with Crippen molar-refractivity contribution in [3.05, 3.63) is 87.4 Å². The van der Waals surface area contributed by atoms with Gasteiger partial charge < -0.3 is 5.32 Å². The molecule has 174 valence electrons. The number of pyridine rings is 1. The Hall–Kier alpha value is -2.68. The summed E-state index contributed by atoms with van der Waals surface area (Å²) in [6.07, 6.45) is 0. The number of nitrogens with zero attached hydrogens (tertiary/aromatic N) is 2. The average molecular weight is 535 g/mol. The lowest BCUT2D eigenvalue weighted by Gasteiger charge is -2.14. The summed E-state index contributed by atoms with van der Waals surface area (Å²) < 4.78 is 26.1. The Labute approximate surface area is 212 Å². The van der Waals surface area contributed by atoms with Gasteiger partial charge in [-0.15, -0.1) is 0 Å². The van der Waals surface area contributed by atoms with Gasteiger partial charge in [0.25, 0.3) is 5.91 Å². The van der Waals surface area contributed by atoms with Gasteiger partial charge in [0.1, 0.15) is 0 Å². The predicted molar refractivity (Wildman–Crippen MR) is 137 cm³/mol. The number of fused-ring (bicyclic) bond motifs is 1. The number of hydrogen-bond acceptors (Lipinski definition) is 4. The fourth-order valence-electron chi connectivity index (χ4n) is 3.37. The van der Waals surface area contributed by atoms with Gasteiger partial charge in [0, 0.05) is 30.7 Å². The topological polar surface area (TPSA) is 79.4 Å². The summed E-state index contributed by atoms with van der Waals surface area (Å²) >= 11 is 18.7. The molecule has 1 heterocycles. The molecule has 0 radical (unpaired) electrons. The van der Waals surface area contributed by atoms with E-state index in [0.717, 1.165) is 4.31 Å². The lowest BCUT2D eigenvalue weighted by molar-refractivity contribution is 0.102. The maximum atomic E-state index is 13.3. The second kappa shape index (κ2) is 9.52. The maximum absolute atomic E-state index is 13.3. The van der Waals surface area contributed by atoms with Crippen LogP contribution in [0.2, 0.25) is 15.1 Å². The number of amides is 1. The third-order valence-corrected chi connectivity index (χ3v) is 8.25. The van der Waals surface area contributed by atoms with Crippen LogP contribution in [0.3, 0.4) is 0 Å². The molecule has 10 heteroatoms. The van der Waals surface area contributed by atoms with Crippen LogP contribution in [0.15, 0.2) is 71.6 Å². The lowest BCUT2D eigenvalue weighted by Crippen LogP contribution is -2.22. The van der Waals surface area contributed by atoms with Crippen LogP contribution in [0.1, 0.15) is 10.4 Å². The zero-order valence-corrected chi connectivity index (χ0v) is 21.1. The Morgan fingerprint density at radius 2 is 1.65 bits per heavy atom. The first-order valence-electron chi connectivity index (χ1n) is 9.97. The molecule has 0 aliphatic carbocycles. The molecule has 0 aliphatic rings. The summed E-state index contributed by atoms with van der Waals surface area (Å²) in [7, 11) is -0.768. The Morgan fingerprint density at radius 1 is 0.912 bits per heavy atom. The minimum absolute atomic E-state index is 0.0677. The summed E-state index contributed by atoms with van der Waals surface area (Å²) in [6.45, 7) is 0. The van der Waals surface area contributed by atoms with Gasteiger partial charge in [0.15, 0.2) is 0 Å². The molecule has 0 saturated heterocycles. The summed E-state index contributed by atoms with van der Waals surface area (Å²) in [5.74, 6) is -0.435. The minimum atomic E-state index is -3.66. The number of para-hydroxylation sites is 1. The Bertz CT molecular complexity index is 1540. The van der Waals surface area contributed by atoms with Crippen LogP contribution in [0.4, 0.5) is 5.69 Å². The molecule has 0 unspecified atom stereocenters. The van der Waals surface area contributed by atoms with E-state index in [1.807, 2.05) is 6.07 Å². The van der Waals surface area contributed by atoms with Gasteiger partial charge in [-0.05, 0) is 42.5 Å². The van der Waals surface area contributed by atoms with Crippen LogP contribution >= 0.6 is 34.8 Å². The van der Waals surface area contributed by atoms with E-state index in [-0.39, 0.29) is 14.9 Å². The molecule has 1 N–H and O–H groups in total. The maximum Gasteiger partial charge on any atom is 0.256 e. The Balaban J connectivity index is 1.79. The van der Waals surface area contributed by atoms with E-state index in [0.29, 0.717) is 38.4 Å². The van der Waals surface area contributed by atoms with Crippen LogP contribution in [-0.4, -0.2) is 37.7 Å². The molecular formula is C24H18Cl3N3O3S. The van der Waals surface area contributed by atoms with Crippen molar-refractivity contribution >= 4 is 67.3 Å². The number of nitrogens with one attached hydrogen (secondary N) is 1. The van der Waals surface area contributed by atoms with Crippen molar-refractivity contribution in [3.63, 3.8) is 0 Å². The van der Waals surface area contributed by atoms with Crippen LogP contribution in [0.25, 0.3) is 22.2 Å². The fourth-order valence-corrected chi connectivity index (χ4v) is 4.95. The highest BCUT2D eigenvalue weighted by Crippen LogP contribution is 2.38. The largest absolute Gasteiger partial charge is 0.322 e. The van der Waals surface area contributed by atoms with Crippen molar-refractivity contribution in [1.82, 2.24) is 9.29 Å². The molecule has 6 nitrogen and oxygen atoms in total.